The van der Waals surface area contributed by atoms with Gasteiger partial charge in [-0.2, -0.15) is 0 Å². The highest BCUT2D eigenvalue weighted by Gasteiger charge is 2.29. The van der Waals surface area contributed by atoms with Gasteiger partial charge in [-0.25, -0.2) is 0 Å². The normalized spacial score (nSPS) is 21.3. The molecule has 0 aliphatic heterocycles. The van der Waals surface area contributed by atoms with Crippen LogP contribution < -0.4 is 0 Å². The van der Waals surface area contributed by atoms with Crippen LogP contribution in [0.1, 0.15) is 37.7 Å². The predicted molar refractivity (Wildman–Crippen MR) is 65.8 cm³/mol. The molecule has 3 nitrogen and oxygen atoms in total. The summed E-state index contributed by atoms with van der Waals surface area (Å²) >= 11 is 0. The molecule has 0 spiro atoms. The molecule has 1 fully saturated rings. The van der Waals surface area contributed by atoms with Crippen molar-refractivity contribution in [3.05, 3.63) is 24.2 Å². The summed E-state index contributed by atoms with van der Waals surface area (Å²) in [5, 5.41) is 10.3. The summed E-state index contributed by atoms with van der Waals surface area (Å²) in [5.41, 5.74) is 1.04. The fourth-order valence-corrected chi connectivity index (χ4v) is 2.89. The number of hydrogen-bond donors (Lipinski definition) is 1. The Bertz CT molecular complexity index is 301. The maximum atomic E-state index is 10.3. The summed E-state index contributed by atoms with van der Waals surface area (Å²) in [7, 11) is 1.71. The average molecular weight is 238 g/mol. The van der Waals surface area contributed by atoms with E-state index in [0.717, 1.165) is 5.56 Å². The zero-order chi connectivity index (χ0) is 12.1. The van der Waals surface area contributed by atoms with Gasteiger partial charge in [0, 0.05) is 13.5 Å². The van der Waals surface area contributed by atoms with Gasteiger partial charge in [0.1, 0.15) is 0 Å². The first kappa shape index (κ1) is 12.7. The zero-order valence-corrected chi connectivity index (χ0v) is 10.5. The smallest absolute Gasteiger partial charge is 0.0935 e. The lowest BCUT2D eigenvalue weighted by Gasteiger charge is -2.32. The predicted octanol–water partition coefficient (Wildman–Crippen LogP) is 2.78. The van der Waals surface area contributed by atoms with Crippen LogP contribution in [-0.2, 0) is 11.2 Å². The van der Waals surface area contributed by atoms with Crippen LogP contribution in [0.15, 0.2) is 23.0 Å². The second-order valence-electron chi connectivity index (χ2n) is 5.00. The van der Waals surface area contributed by atoms with E-state index in [1.54, 1.807) is 19.6 Å². The third kappa shape index (κ3) is 3.33. The van der Waals surface area contributed by atoms with Gasteiger partial charge in [0.15, 0.2) is 0 Å². The van der Waals surface area contributed by atoms with Crippen molar-refractivity contribution in [2.24, 2.45) is 5.92 Å². The summed E-state index contributed by atoms with van der Waals surface area (Å²) in [4.78, 5) is 0. The molecule has 0 bridgehead atoms. The van der Waals surface area contributed by atoms with Gasteiger partial charge in [0.25, 0.3) is 0 Å². The molecule has 1 saturated carbocycles. The van der Waals surface area contributed by atoms with E-state index in [-0.39, 0.29) is 6.10 Å². The summed E-state index contributed by atoms with van der Waals surface area (Å²) < 4.78 is 10.5. The molecule has 0 saturated heterocycles. The van der Waals surface area contributed by atoms with Crippen LogP contribution in [0, 0.1) is 5.92 Å². The van der Waals surface area contributed by atoms with Gasteiger partial charge in [0.05, 0.1) is 24.7 Å². The van der Waals surface area contributed by atoms with Crippen LogP contribution in [0.25, 0.3) is 0 Å². The van der Waals surface area contributed by atoms with Gasteiger partial charge in [-0.05, 0) is 30.4 Å². The summed E-state index contributed by atoms with van der Waals surface area (Å²) in [6.07, 6.45) is 9.71. The van der Waals surface area contributed by atoms with E-state index >= 15 is 0 Å². The van der Waals surface area contributed by atoms with Gasteiger partial charge in [-0.1, -0.05) is 19.3 Å². The van der Waals surface area contributed by atoms with Crippen molar-refractivity contribution in [3.63, 3.8) is 0 Å². The van der Waals surface area contributed by atoms with Crippen molar-refractivity contribution in [2.75, 3.05) is 7.11 Å². The van der Waals surface area contributed by atoms with Crippen LogP contribution in [0.3, 0.4) is 0 Å². The zero-order valence-electron chi connectivity index (χ0n) is 10.5. The molecule has 1 aliphatic rings. The van der Waals surface area contributed by atoms with Gasteiger partial charge < -0.3 is 14.3 Å². The summed E-state index contributed by atoms with van der Waals surface area (Å²) in [6, 6.07) is 1.90. The molecule has 2 rings (SSSR count). The molecule has 2 atom stereocenters. The molecular formula is C14H22O3. The Kier molecular flexibility index (Phi) is 4.63. The summed E-state index contributed by atoms with van der Waals surface area (Å²) in [5.74, 6) is 0.510. The standard InChI is InChI=1S/C14H22O3/c1-16-14(12-5-3-2-4-6-12)13(15)9-11-7-8-17-10-11/h7-8,10,12-15H,2-6,9H2,1H3. The Morgan fingerprint density at radius 2 is 2.18 bits per heavy atom. The van der Waals surface area contributed by atoms with Crippen molar-refractivity contribution in [3.8, 4) is 0 Å². The highest BCUT2D eigenvalue weighted by atomic mass is 16.5. The first-order valence-corrected chi connectivity index (χ1v) is 6.53. The first-order chi connectivity index (χ1) is 8.31. The molecule has 1 aromatic heterocycles. The van der Waals surface area contributed by atoms with Crippen LogP contribution in [0.4, 0.5) is 0 Å². The molecule has 1 aromatic rings. The van der Waals surface area contributed by atoms with Crippen molar-refractivity contribution in [1.29, 1.82) is 0 Å². The maximum absolute atomic E-state index is 10.3. The van der Waals surface area contributed by atoms with E-state index in [0.29, 0.717) is 12.3 Å². The van der Waals surface area contributed by atoms with E-state index in [9.17, 15) is 5.11 Å². The number of methoxy groups -OCH3 is 1. The highest BCUT2D eigenvalue weighted by Crippen LogP contribution is 2.30. The Labute approximate surface area is 103 Å². The highest BCUT2D eigenvalue weighted by molar-refractivity contribution is 5.07. The Hall–Kier alpha value is -0.800. The van der Waals surface area contributed by atoms with Crippen LogP contribution in [0.2, 0.25) is 0 Å². The fourth-order valence-electron chi connectivity index (χ4n) is 2.89. The topological polar surface area (TPSA) is 42.6 Å². The quantitative estimate of drug-likeness (QED) is 0.857. The van der Waals surface area contributed by atoms with Gasteiger partial charge in [0.2, 0.25) is 0 Å². The number of aliphatic hydroxyl groups excluding tert-OH is 1. The lowest BCUT2D eigenvalue weighted by atomic mass is 9.82. The average Bonchev–Trinajstić information content (AvgIpc) is 2.84. The number of aliphatic hydroxyl groups is 1. The van der Waals surface area contributed by atoms with E-state index in [1.165, 1.54) is 32.1 Å². The monoisotopic (exact) mass is 238 g/mol. The van der Waals surface area contributed by atoms with Crippen molar-refractivity contribution < 1.29 is 14.3 Å². The number of ether oxygens (including phenoxy) is 1. The number of hydrogen-bond acceptors (Lipinski definition) is 3. The minimum Gasteiger partial charge on any atom is -0.472 e. The molecule has 0 aromatic carbocycles. The fraction of sp³-hybridized carbons (Fsp3) is 0.714. The molecule has 0 radical (unpaired) electrons. The van der Waals surface area contributed by atoms with Gasteiger partial charge in [-0.3, -0.25) is 0 Å². The third-order valence-corrected chi connectivity index (χ3v) is 3.79. The van der Waals surface area contributed by atoms with E-state index < -0.39 is 6.10 Å². The minimum atomic E-state index is -0.430. The molecular weight excluding hydrogens is 216 g/mol. The lowest BCUT2D eigenvalue weighted by molar-refractivity contribution is -0.0536. The van der Waals surface area contributed by atoms with Crippen molar-refractivity contribution in [1.82, 2.24) is 0 Å². The van der Waals surface area contributed by atoms with Crippen molar-refractivity contribution in [2.45, 2.75) is 50.7 Å². The lowest BCUT2D eigenvalue weighted by Crippen LogP contribution is -2.37. The largest absolute Gasteiger partial charge is 0.472 e. The molecule has 1 heterocycles. The molecule has 1 aliphatic carbocycles. The Balaban J connectivity index is 1.92. The van der Waals surface area contributed by atoms with Crippen molar-refractivity contribution >= 4 is 0 Å². The first-order valence-electron chi connectivity index (χ1n) is 6.53. The molecule has 0 amide bonds. The molecule has 3 heteroatoms. The molecule has 17 heavy (non-hydrogen) atoms. The number of furan rings is 1. The van der Waals surface area contributed by atoms with Crippen LogP contribution >= 0.6 is 0 Å². The molecule has 2 unspecified atom stereocenters. The minimum absolute atomic E-state index is 0.0369. The SMILES string of the molecule is COC(C(O)Cc1ccoc1)C1CCCCC1. The van der Waals surface area contributed by atoms with Gasteiger partial charge >= 0.3 is 0 Å². The Morgan fingerprint density at radius 1 is 1.41 bits per heavy atom. The third-order valence-electron chi connectivity index (χ3n) is 3.79. The maximum Gasteiger partial charge on any atom is 0.0935 e. The van der Waals surface area contributed by atoms with Crippen LogP contribution in [-0.4, -0.2) is 24.4 Å². The summed E-state index contributed by atoms with van der Waals surface area (Å²) in [6.45, 7) is 0. The molecule has 1 N–H and O–H groups in total. The second kappa shape index (κ2) is 6.22. The van der Waals surface area contributed by atoms with Gasteiger partial charge in [-0.15, -0.1) is 0 Å². The Morgan fingerprint density at radius 3 is 2.76 bits per heavy atom. The van der Waals surface area contributed by atoms with Crippen LogP contribution in [0.5, 0.6) is 0 Å². The van der Waals surface area contributed by atoms with E-state index in [2.05, 4.69) is 0 Å². The number of rotatable bonds is 5. The van der Waals surface area contributed by atoms with E-state index in [4.69, 9.17) is 9.15 Å². The van der Waals surface area contributed by atoms with E-state index in [1.807, 2.05) is 6.07 Å². The second-order valence-corrected chi connectivity index (χ2v) is 5.00. The molecule has 96 valence electrons.